The van der Waals surface area contributed by atoms with Crippen LogP contribution in [0.25, 0.3) is 0 Å². The molecule has 0 amide bonds. The summed E-state index contributed by atoms with van der Waals surface area (Å²) in [5.41, 5.74) is 0.470. The summed E-state index contributed by atoms with van der Waals surface area (Å²) in [7, 11) is 0. The Morgan fingerprint density at radius 3 is 1.81 bits per heavy atom. The van der Waals surface area contributed by atoms with Crippen molar-refractivity contribution in [3.63, 3.8) is 0 Å². The van der Waals surface area contributed by atoms with Gasteiger partial charge in [0.2, 0.25) is 0 Å². The van der Waals surface area contributed by atoms with E-state index in [4.69, 9.17) is 5.11 Å². The quantitative estimate of drug-likeness (QED) is 0.541. The molecule has 1 rings (SSSR count). The molecule has 3 heteroatoms. The number of allylic oxidation sites excluding steroid dienone is 4. The summed E-state index contributed by atoms with van der Waals surface area (Å²) in [5.74, 6) is 0. The molecule has 0 saturated carbocycles. The van der Waals surface area contributed by atoms with Crippen LogP contribution in [0.4, 0.5) is 0 Å². The standard InChI is InChI=1S/C9H12N.C4H10O.Nb/c1-9(2,3)10-8-6-4-5-7-8;1-4(2,3)5;/h4-6H,1-3H3;5H,1-3H3;/q-1;;. The first-order valence-corrected chi connectivity index (χ1v) is 5.16. The van der Waals surface area contributed by atoms with E-state index in [0.717, 1.165) is 5.71 Å². The number of nitrogens with zero attached hydrogens (tertiary/aromatic N) is 1. The van der Waals surface area contributed by atoms with Gasteiger partial charge in [-0.1, -0.05) is 5.71 Å². The zero-order valence-electron chi connectivity index (χ0n) is 11.1. The first-order chi connectivity index (χ1) is 6.58. The van der Waals surface area contributed by atoms with Crippen molar-refractivity contribution in [2.24, 2.45) is 4.99 Å². The Hall–Kier alpha value is -0.150. The monoisotopic (exact) mass is 301 g/mol. The van der Waals surface area contributed by atoms with Gasteiger partial charge in [-0.2, -0.15) is 18.2 Å². The summed E-state index contributed by atoms with van der Waals surface area (Å²) in [6.07, 6.45) is 8.82. The molecule has 1 radical (unpaired) electrons. The minimum atomic E-state index is -0.500. The molecule has 0 saturated heterocycles. The normalized spacial score (nSPS) is 16.8. The van der Waals surface area contributed by atoms with Crippen LogP contribution in [0.1, 0.15) is 41.5 Å². The first kappa shape index (κ1) is 18.2. The van der Waals surface area contributed by atoms with Crippen molar-refractivity contribution in [2.75, 3.05) is 0 Å². The average molecular weight is 301 g/mol. The Bertz CT molecular complexity index is 257. The maximum absolute atomic E-state index is 8.52. The Morgan fingerprint density at radius 2 is 1.56 bits per heavy atom. The number of aliphatic imine (C=N–C) groups is 1. The fourth-order valence-electron chi connectivity index (χ4n) is 0.752. The molecule has 0 aromatic rings. The van der Waals surface area contributed by atoms with E-state index >= 15 is 0 Å². The van der Waals surface area contributed by atoms with Gasteiger partial charge in [-0.15, -0.1) is 0 Å². The van der Waals surface area contributed by atoms with Crippen molar-refractivity contribution in [2.45, 2.75) is 52.7 Å². The average Bonchev–Trinajstić information content (AvgIpc) is 2.30. The fourth-order valence-corrected chi connectivity index (χ4v) is 0.752. The minimum Gasteiger partial charge on any atom is -0.391 e. The van der Waals surface area contributed by atoms with E-state index in [9.17, 15) is 0 Å². The largest absolute Gasteiger partial charge is 0.391 e. The molecule has 0 aromatic carbocycles. The van der Waals surface area contributed by atoms with Crippen LogP contribution in [-0.2, 0) is 22.4 Å². The van der Waals surface area contributed by atoms with Crippen molar-refractivity contribution >= 4 is 5.71 Å². The molecular weight excluding hydrogens is 279 g/mol. The van der Waals surface area contributed by atoms with E-state index in [1.807, 2.05) is 18.2 Å². The summed E-state index contributed by atoms with van der Waals surface area (Å²) in [6, 6.07) is 0. The smallest absolute Gasteiger partial charge is 0.0563 e. The van der Waals surface area contributed by atoms with Crippen LogP contribution in [0, 0.1) is 6.08 Å². The van der Waals surface area contributed by atoms with Gasteiger partial charge in [-0.3, -0.25) is 0 Å². The molecule has 91 valence electrons. The van der Waals surface area contributed by atoms with Crippen LogP contribution in [-0.4, -0.2) is 22.0 Å². The molecule has 1 aliphatic carbocycles. The van der Waals surface area contributed by atoms with Crippen molar-refractivity contribution < 1.29 is 27.5 Å². The van der Waals surface area contributed by atoms with Gasteiger partial charge in [-0.05, 0) is 41.5 Å². The molecule has 0 spiro atoms. The second-order valence-corrected chi connectivity index (χ2v) is 5.51. The molecule has 0 bridgehead atoms. The molecule has 1 aliphatic rings. The van der Waals surface area contributed by atoms with Crippen LogP contribution in [0.3, 0.4) is 0 Å². The van der Waals surface area contributed by atoms with Crippen LogP contribution < -0.4 is 0 Å². The van der Waals surface area contributed by atoms with Gasteiger partial charge in [0, 0.05) is 22.4 Å². The predicted octanol–water partition coefficient (Wildman–Crippen LogP) is 2.93. The fraction of sp³-hybridized carbons (Fsp3) is 0.615. The second-order valence-electron chi connectivity index (χ2n) is 5.51. The van der Waals surface area contributed by atoms with E-state index in [2.05, 4.69) is 31.8 Å². The summed E-state index contributed by atoms with van der Waals surface area (Å²) in [6.45, 7) is 11.5. The molecule has 1 N–H and O–H groups in total. The summed E-state index contributed by atoms with van der Waals surface area (Å²) >= 11 is 0. The maximum atomic E-state index is 8.52. The summed E-state index contributed by atoms with van der Waals surface area (Å²) in [5, 5.41) is 8.52. The van der Waals surface area contributed by atoms with Crippen LogP contribution in [0.15, 0.2) is 23.2 Å². The zero-order valence-corrected chi connectivity index (χ0v) is 13.3. The zero-order chi connectivity index (χ0) is 12.1. The predicted molar refractivity (Wildman–Crippen MR) is 66.1 cm³/mol. The third kappa shape index (κ3) is 16.3. The SMILES string of the molecule is CC(C)(C)N=C1[C-]=CC=C1.CC(C)(C)O.[Nb]. The van der Waals surface area contributed by atoms with Crippen LogP contribution >= 0.6 is 0 Å². The van der Waals surface area contributed by atoms with Crippen molar-refractivity contribution in [1.29, 1.82) is 0 Å². The number of hydrogen-bond acceptors (Lipinski definition) is 2. The molecular formula is C13H22NNbO-. The van der Waals surface area contributed by atoms with Gasteiger partial charge in [0.15, 0.2) is 0 Å². The molecule has 16 heavy (non-hydrogen) atoms. The van der Waals surface area contributed by atoms with Crippen molar-refractivity contribution in [3.05, 3.63) is 24.3 Å². The Kier molecular flexibility index (Phi) is 8.23. The van der Waals surface area contributed by atoms with Crippen molar-refractivity contribution in [3.8, 4) is 0 Å². The first-order valence-electron chi connectivity index (χ1n) is 5.16. The minimum absolute atomic E-state index is 0. The van der Waals surface area contributed by atoms with E-state index in [1.54, 1.807) is 20.8 Å². The summed E-state index contributed by atoms with van der Waals surface area (Å²) in [4.78, 5) is 4.40. The molecule has 0 unspecified atom stereocenters. The third-order valence-electron chi connectivity index (χ3n) is 1.04. The van der Waals surface area contributed by atoms with E-state index < -0.39 is 5.60 Å². The molecule has 2 nitrogen and oxygen atoms in total. The van der Waals surface area contributed by atoms with E-state index in [-0.39, 0.29) is 27.9 Å². The van der Waals surface area contributed by atoms with Crippen LogP contribution in [0.2, 0.25) is 0 Å². The topological polar surface area (TPSA) is 32.6 Å². The molecule has 0 atom stereocenters. The third-order valence-corrected chi connectivity index (χ3v) is 1.04. The molecule has 0 fully saturated rings. The van der Waals surface area contributed by atoms with Crippen LogP contribution in [0.5, 0.6) is 0 Å². The van der Waals surface area contributed by atoms with Gasteiger partial charge in [0.25, 0.3) is 0 Å². The van der Waals surface area contributed by atoms with Gasteiger partial charge < -0.3 is 10.1 Å². The van der Waals surface area contributed by atoms with Gasteiger partial charge >= 0.3 is 0 Å². The summed E-state index contributed by atoms with van der Waals surface area (Å²) < 4.78 is 0. The number of hydrogen-bond donors (Lipinski definition) is 1. The van der Waals surface area contributed by atoms with Gasteiger partial charge in [0.05, 0.1) is 11.1 Å². The Labute approximate surface area is 115 Å². The Morgan fingerprint density at radius 1 is 1.12 bits per heavy atom. The van der Waals surface area contributed by atoms with E-state index in [0.29, 0.717) is 0 Å². The molecule has 0 heterocycles. The second kappa shape index (κ2) is 7.23. The van der Waals surface area contributed by atoms with E-state index in [1.165, 1.54) is 0 Å². The molecule has 0 aromatic heterocycles. The van der Waals surface area contributed by atoms with Crippen molar-refractivity contribution in [1.82, 2.24) is 0 Å². The Balaban J connectivity index is 0. The number of aliphatic hydroxyl groups is 1. The number of rotatable bonds is 0. The molecule has 0 aliphatic heterocycles. The maximum Gasteiger partial charge on any atom is 0.0563 e. The van der Waals surface area contributed by atoms with Gasteiger partial charge in [0.1, 0.15) is 0 Å². The van der Waals surface area contributed by atoms with Gasteiger partial charge in [-0.25, -0.2) is 6.08 Å².